The third-order valence-electron chi connectivity index (χ3n) is 4.21. The molecule has 1 unspecified atom stereocenters. The molecule has 0 spiro atoms. The summed E-state index contributed by atoms with van der Waals surface area (Å²) in [5.74, 6) is 6.23. The van der Waals surface area contributed by atoms with Crippen molar-refractivity contribution in [3.05, 3.63) is 90.2 Å². The molecule has 154 valence electrons. The number of carbonyl (C=O) groups excluding carboxylic acids is 1. The number of carbonyl (C=O) groups is 1. The third kappa shape index (κ3) is 5.53. The van der Waals surface area contributed by atoms with Gasteiger partial charge < -0.3 is 14.3 Å². The second kappa shape index (κ2) is 8.89. The molecule has 1 N–H and O–H groups in total. The van der Waals surface area contributed by atoms with Crippen molar-refractivity contribution in [2.45, 2.75) is 32.0 Å². The predicted molar refractivity (Wildman–Crippen MR) is 116 cm³/mol. The topological polar surface area (TPSA) is 62.9 Å². The highest BCUT2D eigenvalue weighted by molar-refractivity contribution is 5.86. The molecular formula is C25H25NO4. The lowest BCUT2D eigenvalue weighted by Gasteiger charge is -2.31. The number of anilines is 1. The van der Waals surface area contributed by atoms with Crippen LogP contribution in [0.25, 0.3) is 0 Å². The van der Waals surface area contributed by atoms with Gasteiger partial charge in [0.25, 0.3) is 0 Å². The molecule has 3 aromatic rings. The summed E-state index contributed by atoms with van der Waals surface area (Å²) in [4.78, 5) is 14.2. The zero-order valence-corrected chi connectivity index (χ0v) is 17.3. The van der Waals surface area contributed by atoms with E-state index < -0.39 is 17.3 Å². The Morgan fingerprint density at radius 2 is 1.63 bits per heavy atom. The van der Waals surface area contributed by atoms with E-state index in [4.69, 9.17) is 9.15 Å². The molecule has 5 nitrogen and oxygen atoms in total. The number of ether oxygens (including phenoxy) is 1. The first-order valence-corrected chi connectivity index (χ1v) is 9.67. The predicted octanol–water partition coefficient (Wildman–Crippen LogP) is 4.96. The number of rotatable bonds is 4. The molecule has 0 saturated heterocycles. The molecule has 0 aliphatic rings. The van der Waals surface area contributed by atoms with Crippen LogP contribution >= 0.6 is 0 Å². The van der Waals surface area contributed by atoms with Crippen molar-refractivity contribution in [1.82, 2.24) is 0 Å². The number of hydrogen-bond acceptors (Lipinski definition) is 4. The maximum absolute atomic E-state index is 12.9. The molecule has 1 atom stereocenters. The van der Waals surface area contributed by atoms with E-state index in [0.717, 1.165) is 5.56 Å². The highest BCUT2D eigenvalue weighted by Crippen LogP contribution is 2.27. The fraction of sp³-hybridized carbons (Fsp3) is 0.240. The molecule has 1 amide bonds. The van der Waals surface area contributed by atoms with Crippen LogP contribution in [0.1, 0.15) is 31.9 Å². The SMILES string of the molecule is CC(C)(C)OC(=O)N(CC(O)(C#Cc1ccccc1)c1ccccc1)c1ccco1. The average Bonchev–Trinajstić information content (AvgIpc) is 3.25. The van der Waals surface area contributed by atoms with Crippen molar-refractivity contribution in [1.29, 1.82) is 0 Å². The van der Waals surface area contributed by atoms with Gasteiger partial charge in [-0.1, -0.05) is 60.4 Å². The number of aliphatic hydroxyl groups is 1. The first-order chi connectivity index (χ1) is 14.3. The van der Waals surface area contributed by atoms with E-state index in [1.165, 1.54) is 11.2 Å². The van der Waals surface area contributed by atoms with E-state index in [9.17, 15) is 9.90 Å². The van der Waals surface area contributed by atoms with Gasteiger partial charge in [-0.15, -0.1) is 0 Å². The van der Waals surface area contributed by atoms with E-state index in [-0.39, 0.29) is 12.4 Å². The molecule has 0 saturated carbocycles. The summed E-state index contributed by atoms with van der Waals surface area (Å²) in [6.45, 7) is 5.18. The number of amides is 1. The largest absolute Gasteiger partial charge is 0.448 e. The quantitative estimate of drug-likeness (QED) is 0.626. The van der Waals surface area contributed by atoms with Gasteiger partial charge in [-0.05, 0) is 44.5 Å². The molecule has 30 heavy (non-hydrogen) atoms. The molecule has 5 heteroatoms. The molecule has 1 heterocycles. The average molecular weight is 403 g/mol. The Hall–Kier alpha value is -3.49. The zero-order valence-electron chi connectivity index (χ0n) is 17.3. The summed E-state index contributed by atoms with van der Waals surface area (Å²) in [5, 5.41) is 11.6. The van der Waals surface area contributed by atoms with Crippen molar-refractivity contribution in [3.8, 4) is 11.8 Å². The van der Waals surface area contributed by atoms with E-state index in [0.29, 0.717) is 5.56 Å². The minimum absolute atomic E-state index is 0.167. The van der Waals surface area contributed by atoms with Gasteiger partial charge in [0.15, 0.2) is 5.60 Å². The number of furan rings is 1. The summed E-state index contributed by atoms with van der Waals surface area (Å²) >= 11 is 0. The fourth-order valence-electron chi connectivity index (χ4n) is 2.82. The van der Waals surface area contributed by atoms with Crippen LogP contribution < -0.4 is 4.90 Å². The van der Waals surface area contributed by atoms with E-state index >= 15 is 0 Å². The summed E-state index contributed by atoms with van der Waals surface area (Å²) in [6, 6.07) is 21.7. The molecule has 2 aromatic carbocycles. The summed E-state index contributed by atoms with van der Waals surface area (Å²) in [5.41, 5.74) is -1.04. The Labute approximate surface area is 176 Å². The summed E-state index contributed by atoms with van der Waals surface area (Å²) in [7, 11) is 0. The lowest BCUT2D eigenvalue weighted by Crippen LogP contribution is -2.45. The van der Waals surface area contributed by atoms with Gasteiger partial charge in [0.1, 0.15) is 5.60 Å². The minimum atomic E-state index is -1.65. The Kier molecular flexibility index (Phi) is 6.29. The van der Waals surface area contributed by atoms with Gasteiger partial charge in [-0.3, -0.25) is 0 Å². The number of benzene rings is 2. The maximum Gasteiger partial charge on any atom is 0.417 e. The Morgan fingerprint density at radius 1 is 1.00 bits per heavy atom. The van der Waals surface area contributed by atoms with Crippen molar-refractivity contribution in [3.63, 3.8) is 0 Å². The molecule has 0 aliphatic carbocycles. The third-order valence-corrected chi connectivity index (χ3v) is 4.21. The molecule has 1 aromatic heterocycles. The van der Waals surface area contributed by atoms with Crippen LogP contribution in [-0.4, -0.2) is 23.3 Å². The monoisotopic (exact) mass is 403 g/mol. The van der Waals surface area contributed by atoms with Gasteiger partial charge in [0, 0.05) is 11.6 Å². The van der Waals surface area contributed by atoms with Crippen molar-refractivity contribution in [2.24, 2.45) is 0 Å². The van der Waals surface area contributed by atoms with E-state index in [2.05, 4.69) is 11.8 Å². The van der Waals surface area contributed by atoms with Gasteiger partial charge in [-0.2, -0.15) is 0 Å². The first-order valence-electron chi connectivity index (χ1n) is 9.67. The van der Waals surface area contributed by atoms with Gasteiger partial charge in [-0.25, -0.2) is 9.69 Å². The normalized spacial score (nSPS) is 12.9. The number of hydrogen-bond donors (Lipinski definition) is 1. The molecule has 3 rings (SSSR count). The van der Waals surface area contributed by atoms with Gasteiger partial charge >= 0.3 is 6.09 Å². The molecule has 0 radical (unpaired) electrons. The van der Waals surface area contributed by atoms with Crippen LogP contribution in [0.2, 0.25) is 0 Å². The maximum atomic E-state index is 12.9. The highest BCUT2D eigenvalue weighted by atomic mass is 16.6. The van der Waals surface area contributed by atoms with Crippen molar-refractivity contribution in [2.75, 3.05) is 11.4 Å². The van der Waals surface area contributed by atoms with Crippen LogP contribution in [0.5, 0.6) is 0 Å². The van der Waals surface area contributed by atoms with Crippen LogP contribution in [0.4, 0.5) is 10.7 Å². The van der Waals surface area contributed by atoms with Gasteiger partial charge in [0.05, 0.1) is 12.8 Å². The lowest BCUT2D eigenvalue weighted by molar-refractivity contribution is 0.0501. The van der Waals surface area contributed by atoms with E-state index in [1.54, 1.807) is 45.0 Å². The van der Waals surface area contributed by atoms with E-state index in [1.807, 2.05) is 48.5 Å². The van der Waals surface area contributed by atoms with Gasteiger partial charge in [0.2, 0.25) is 5.88 Å². The van der Waals surface area contributed by atoms with Crippen molar-refractivity contribution >= 4 is 12.0 Å². The molecule has 0 bridgehead atoms. The van der Waals surface area contributed by atoms with Crippen LogP contribution in [0.3, 0.4) is 0 Å². The Bertz CT molecular complexity index is 1010. The second-order valence-electron chi connectivity index (χ2n) is 7.86. The molecular weight excluding hydrogens is 378 g/mol. The highest BCUT2D eigenvalue weighted by Gasteiger charge is 2.35. The second-order valence-corrected chi connectivity index (χ2v) is 7.86. The molecule has 0 aliphatic heterocycles. The lowest BCUT2D eigenvalue weighted by atomic mass is 9.93. The first kappa shape index (κ1) is 21.2. The van der Waals surface area contributed by atoms with Crippen LogP contribution in [-0.2, 0) is 10.3 Å². The van der Waals surface area contributed by atoms with Crippen LogP contribution in [0.15, 0.2) is 83.5 Å². The fourth-order valence-corrected chi connectivity index (χ4v) is 2.82. The minimum Gasteiger partial charge on any atom is -0.448 e. The standard InChI is InChI=1S/C25H25NO4/c1-24(2,3)30-23(27)26(22-15-10-18-29-22)19-25(28,21-13-8-5-9-14-21)17-16-20-11-6-4-7-12-20/h4-15,18,28H,19H2,1-3H3. The number of nitrogens with zero attached hydrogens (tertiary/aromatic N) is 1. The Morgan fingerprint density at radius 3 is 2.20 bits per heavy atom. The van der Waals surface area contributed by atoms with Crippen LogP contribution in [0, 0.1) is 11.8 Å². The summed E-state index contributed by atoms with van der Waals surface area (Å²) < 4.78 is 11.0. The zero-order chi connectivity index (χ0) is 21.6. The van der Waals surface area contributed by atoms with Crippen molar-refractivity contribution < 1.29 is 19.1 Å². The smallest absolute Gasteiger partial charge is 0.417 e. The summed E-state index contributed by atoms with van der Waals surface area (Å²) in [6.07, 6.45) is 0.831. The Balaban J connectivity index is 2.01. The molecule has 0 fully saturated rings.